The molecule has 1 amide bonds. The van der Waals surface area contributed by atoms with Crippen molar-refractivity contribution in [3.8, 4) is 0 Å². The van der Waals surface area contributed by atoms with Gasteiger partial charge in [-0.05, 0) is 45.4 Å². The average molecular weight is 256 g/mol. The number of aliphatic hydroxyl groups excluding tert-OH is 1. The molecular formula is C14H28N2O2. The number of amides is 1. The maximum absolute atomic E-state index is 12.7. The standard InChI is InChI=1S/C14H28N2O2/c1-11-5-7-14(9-15,8-6-11)12(18)16(4)13(2,3)10-17/h11,17H,5-10,15H2,1-4H3. The van der Waals surface area contributed by atoms with Crippen molar-refractivity contribution in [2.75, 3.05) is 20.2 Å². The van der Waals surface area contributed by atoms with Crippen molar-refractivity contribution in [2.45, 2.75) is 52.0 Å². The second kappa shape index (κ2) is 5.57. The highest BCUT2D eigenvalue weighted by molar-refractivity contribution is 5.83. The van der Waals surface area contributed by atoms with E-state index in [0.717, 1.165) is 25.7 Å². The highest BCUT2D eigenvalue weighted by atomic mass is 16.3. The number of carbonyl (C=O) groups excluding carboxylic acids is 1. The Bertz CT molecular complexity index is 294. The molecule has 0 spiro atoms. The van der Waals surface area contributed by atoms with Gasteiger partial charge in [0.25, 0.3) is 0 Å². The number of hydrogen-bond acceptors (Lipinski definition) is 3. The van der Waals surface area contributed by atoms with Crippen LogP contribution in [0.3, 0.4) is 0 Å². The van der Waals surface area contributed by atoms with Crippen LogP contribution in [-0.4, -0.2) is 41.7 Å². The number of nitrogens with zero attached hydrogens (tertiary/aromatic N) is 1. The predicted octanol–water partition coefficient (Wildman–Crippen LogP) is 1.37. The first kappa shape index (κ1) is 15.4. The molecule has 1 saturated carbocycles. The highest BCUT2D eigenvalue weighted by Crippen LogP contribution is 2.40. The molecule has 1 fully saturated rings. The van der Waals surface area contributed by atoms with Crippen LogP contribution in [0.15, 0.2) is 0 Å². The van der Waals surface area contributed by atoms with E-state index in [0.29, 0.717) is 12.5 Å². The van der Waals surface area contributed by atoms with Gasteiger partial charge in [0.05, 0.1) is 17.6 Å². The van der Waals surface area contributed by atoms with E-state index < -0.39 is 11.0 Å². The molecule has 0 heterocycles. The number of nitrogens with two attached hydrogens (primary N) is 1. The van der Waals surface area contributed by atoms with Crippen molar-refractivity contribution in [3.05, 3.63) is 0 Å². The lowest BCUT2D eigenvalue weighted by molar-refractivity contribution is -0.149. The Kier molecular flexibility index (Phi) is 4.78. The number of rotatable bonds is 4. The van der Waals surface area contributed by atoms with Gasteiger partial charge in [-0.25, -0.2) is 0 Å². The lowest BCUT2D eigenvalue weighted by atomic mass is 9.69. The third kappa shape index (κ3) is 2.86. The Morgan fingerprint density at radius 1 is 1.44 bits per heavy atom. The third-order valence-corrected chi connectivity index (χ3v) is 4.68. The van der Waals surface area contributed by atoms with E-state index in [1.165, 1.54) is 0 Å². The van der Waals surface area contributed by atoms with Crippen LogP contribution in [0.4, 0.5) is 0 Å². The van der Waals surface area contributed by atoms with Gasteiger partial charge in [-0.3, -0.25) is 4.79 Å². The minimum atomic E-state index is -0.525. The zero-order chi connectivity index (χ0) is 14.0. The normalized spacial score (nSPS) is 29.1. The Hall–Kier alpha value is -0.610. The molecule has 0 saturated heterocycles. The maximum atomic E-state index is 12.7. The van der Waals surface area contributed by atoms with Crippen LogP contribution in [-0.2, 0) is 4.79 Å². The summed E-state index contributed by atoms with van der Waals surface area (Å²) in [5.41, 5.74) is 4.96. The Morgan fingerprint density at radius 2 is 1.94 bits per heavy atom. The molecule has 1 aliphatic carbocycles. The zero-order valence-corrected chi connectivity index (χ0v) is 12.2. The first-order chi connectivity index (χ1) is 8.29. The summed E-state index contributed by atoms with van der Waals surface area (Å²) < 4.78 is 0. The van der Waals surface area contributed by atoms with Crippen LogP contribution in [0.1, 0.15) is 46.5 Å². The maximum Gasteiger partial charge on any atom is 0.230 e. The fourth-order valence-corrected chi connectivity index (χ4v) is 2.56. The average Bonchev–Trinajstić information content (AvgIpc) is 2.38. The second-order valence-electron chi connectivity index (χ2n) is 6.50. The van der Waals surface area contributed by atoms with Gasteiger partial charge in [-0.1, -0.05) is 6.92 Å². The van der Waals surface area contributed by atoms with Gasteiger partial charge in [-0.2, -0.15) is 0 Å². The molecule has 18 heavy (non-hydrogen) atoms. The van der Waals surface area contributed by atoms with Gasteiger partial charge in [0.1, 0.15) is 0 Å². The van der Waals surface area contributed by atoms with Crippen LogP contribution < -0.4 is 5.73 Å². The number of hydrogen-bond donors (Lipinski definition) is 2. The van der Waals surface area contributed by atoms with E-state index >= 15 is 0 Å². The topological polar surface area (TPSA) is 66.6 Å². The summed E-state index contributed by atoms with van der Waals surface area (Å²) in [4.78, 5) is 14.4. The molecule has 0 aromatic rings. The molecule has 0 aromatic heterocycles. The molecule has 1 aliphatic rings. The summed E-state index contributed by atoms with van der Waals surface area (Å²) in [6.07, 6.45) is 3.87. The SMILES string of the molecule is CC1CCC(CN)(C(=O)N(C)C(C)(C)CO)CC1. The second-order valence-corrected chi connectivity index (χ2v) is 6.50. The largest absolute Gasteiger partial charge is 0.394 e. The molecule has 3 N–H and O–H groups in total. The fourth-order valence-electron chi connectivity index (χ4n) is 2.56. The van der Waals surface area contributed by atoms with E-state index in [4.69, 9.17) is 5.73 Å². The van der Waals surface area contributed by atoms with Crippen LogP contribution in [0.2, 0.25) is 0 Å². The molecule has 1 rings (SSSR count). The van der Waals surface area contributed by atoms with Crippen molar-refractivity contribution in [3.63, 3.8) is 0 Å². The Labute approximate surface area is 111 Å². The smallest absolute Gasteiger partial charge is 0.230 e. The molecule has 0 bridgehead atoms. The van der Waals surface area contributed by atoms with Crippen molar-refractivity contribution < 1.29 is 9.90 Å². The lowest BCUT2D eigenvalue weighted by Gasteiger charge is -2.44. The van der Waals surface area contributed by atoms with E-state index in [1.54, 1.807) is 11.9 Å². The molecule has 4 heteroatoms. The van der Waals surface area contributed by atoms with Gasteiger partial charge < -0.3 is 15.7 Å². The Morgan fingerprint density at radius 3 is 2.33 bits per heavy atom. The summed E-state index contributed by atoms with van der Waals surface area (Å²) in [5, 5.41) is 9.39. The summed E-state index contributed by atoms with van der Waals surface area (Å²) in [6.45, 7) is 6.35. The summed E-state index contributed by atoms with van der Waals surface area (Å²) in [6, 6.07) is 0. The number of aliphatic hydroxyl groups is 1. The first-order valence-corrected chi connectivity index (χ1v) is 6.88. The molecule has 0 aliphatic heterocycles. The van der Waals surface area contributed by atoms with Crippen LogP contribution in [0, 0.1) is 11.3 Å². The number of carbonyl (C=O) groups is 1. The van der Waals surface area contributed by atoms with E-state index in [2.05, 4.69) is 6.92 Å². The third-order valence-electron chi connectivity index (χ3n) is 4.68. The van der Waals surface area contributed by atoms with E-state index in [-0.39, 0.29) is 12.5 Å². The molecule has 106 valence electrons. The minimum Gasteiger partial charge on any atom is -0.394 e. The summed E-state index contributed by atoms with van der Waals surface area (Å²) in [5.74, 6) is 0.782. The highest BCUT2D eigenvalue weighted by Gasteiger charge is 2.44. The molecule has 0 radical (unpaired) electrons. The van der Waals surface area contributed by atoms with Gasteiger partial charge in [0.2, 0.25) is 5.91 Å². The van der Waals surface area contributed by atoms with E-state index in [9.17, 15) is 9.90 Å². The lowest BCUT2D eigenvalue weighted by Crippen LogP contribution is -2.56. The van der Waals surface area contributed by atoms with E-state index in [1.807, 2.05) is 13.8 Å². The molecular weight excluding hydrogens is 228 g/mol. The zero-order valence-electron chi connectivity index (χ0n) is 12.2. The summed E-state index contributed by atoms with van der Waals surface area (Å²) >= 11 is 0. The molecule has 0 unspecified atom stereocenters. The van der Waals surface area contributed by atoms with Crippen LogP contribution in [0.5, 0.6) is 0 Å². The minimum absolute atomic E-state index is 0.0354. The molecule has 0 atom stereocenters. The Balaban J connectivity index is 2.86. The fraction of sp³-hybridized carbons (Fsp3) is 0.929. The van der Waals surface area contributed by atoms with Crippen molar-refractivity contribution in [2.24, 2.45) is 17.1 Å². The predicted molar refractivity (Wildman–Crippen MR) is 73.1 cm³/mol. The van der Waals surface area contributed by atoms with Gasteiger partial charge in [0.15, 0.2) is 0 Å². The first-order valence-electron chi connectivity index (χ1n) is 6.88. The van der Waals surface area contributed by atoms with Crippen molar-refractivity contribution in [1.29, 1.82) is 0 Å². The molecule has 4 nitrogen and oxygen atoms in total. The van der Waals surface area contributed by atoms with Crippen molar-refractivity contribution >= 4 is 5.91 Å². The van der Waals surface area contributed by atoms with Gasteiger partial charge in [0, 0.05) is 13.6 Å². The number of likely N-dealkylation sites (N-methyl/N-ethyl adjacent to an activating group) is 1. The van der Waals surface area contributed by atoms with Gasteiger partial charge in [-0.15, -0.1) is 0 Å². The molecule has 0 aromatic carbocycles. The summed E-state index contributed by atoms with van der Waals surface area (Å²) in [7, 11) is 1.77. The quantitative estimate of drug-likeness (QED) is 0.798. The van der Waals surface area contributed by atoms with Crippen molar-refractivity contribution in [1.82, 2.24) is 4.90 Å². The monoisotopic (exact) mass is 256 g/mol. The van der Waals surface area contributed by atoms with Crippen LogP contribution in [0.25, 0.3) is 0 Å². The van der Waals surface area contributed by atoms with Crippen LogP contribution >= 0.6 is 0 Å². The van der Waals surface area contributed by atoms with Gasteiger partial charge >= 0.3 is 0 Å².